The molecule has 0 spiro atoms. The number of ketones is 1. The van der Waals surface area contributed by atoms with E-state index in [4.69, 9.17) is 21.1 Å². The summed E-state index contributed by atoms with van der Waals surface area (Å²) in [5.74, 6) is 1.35. The monoisotopic (exact) mass is 274 g/mol. The lowest BCUT2D eigenvalue weighted by Gasteiger charge is -2.03. The largest absolute Gasteiger partial charge is 0.454 e. The number of hydrogen-bond acceptors (Lipinski definition) is 3. The highest BCUT2D eigenvalue weighted by molar-refractivity contribution is 6.30. The molecular weight excluding hydrogens is 264 g/mol. The summed E-state index contributed by atoms with van der Waals surface area (Å²) in [5, 5.41) is 0.666. The lowest BCUT2D eigenvalue weighted by atomic mass is 10.0. The third-order valence-electron chi connectivity index (χ3n) is 2.97. The summed E-state index contributed by atoms with van der Waals surface area (Å²) in [5.41, 5.74) is 1.56. The Labute approximate surface area is 115 Å². The van der Waals surface area contributed by atoms with E-state index in [1.807, 2.05) is 12.1 Å². The molecule has 0 amide bonds. The van der Waals surface area contributed by atoms with Crippen LogP contribution in [0, 0.1) is 0 Å². The van der Waals surface area contributed by atoms with Gasteiger partial charge in [0.15, 0.2) is 17.3 Å². The minimum absolute atomic E-state index is 0.0422. The molecule has 0 aliphatic carbocycles. The van der Waals surface area contributed by atoms with Crippen LogP contribution >= 0.6 is 11.6 Å². The second kappa shape index (κ2) is 4.94. The van der Waals surface area contributed by atoms with Crippen molar-refractivity contribution >= 4 is 17.4 Å². The van der Waals surface area contributed by atoms with Gasteiger partial charge in [-0.25, -0.2) is 0 Å². The molecule has 4 heteroatoms. The summed E-state index contributed by atoms with van der Waals surface area (Å²) in [4.78, 5) is 12.2. The third kappa shape index (κ3) is 2.56. The minimum Gasteiger partial charge on any atom is -0.454 e. The highest BCUT2D eigenvalue weighted by atomic mass is 35.5. The first kappa shape index (κ1) is 12.1. The van der Waals surface area contributed by atoms with Gasteiger partial charge in [0.05, 0.1) is 0 Å². The van der Waals surface area contributed by atoms with Gasteiger partial charge in [-0.3, -0.25) is 4.79 Å². The van der Waals surface area contributed by atoms with E-state index < -0.39 is 0 Å². The molecule has 0 aromatic heterocycles. The van der Waals surface area contributed by atoms with Crippen molar-refractivity contribution in [3.8, 4) is 11.5 Å². The molecule has 0 bridgehead atoms. The Bertz CT molecular complexity index is 620. The highest BCUT2D eigenvalue weighted by Crippen LogP contribution is 2.32. The number of ether oxygens (including phenoxy) is 2. The van der Waals surface area contributed by atoms with Crippen LogP contribution in [0.15, 0.2) is 42.5 Å². The van der Waals surface area contributed by atoms with Gasteiger partial charge >= 0.3 is 0 Å². The first-order valence-corrected chi connectivity index (χ1v) is 6.27. The van der Waals surface area contributed by atoms with Crippen LogP contribution in [0.2, 0.25) is 5.02 Å². The normalized spacial score (nSPS) is 12.5. The molecule has 3 nitrogen and oxygen atoms in total. The van der Waals surface area contributed by atoms with E-state index in [9.17, 15) is 4.79 Å². The Kier molecular flexibility index (Phi) is 3.13. The smallest absolute Gasteiger partial charge is 0.231 e. The molecule has 1 aliphatic heterocycles. The molecular formula is C15H11ClO3. The van der Waals surface area contributed by atoms with E-state index in [0.29, 0.717) is 28.5 Å². The fraction of sp³-hybridized carbons (Fsp3) is 0.133. The molecule has 1 aliphatic rings. The van der Waals surface area contributed by atoms with E-state index in [-0.39, 0.29) is 12.6 Å². The standard InChI is InChI=1S/C15H11ClO3/c16-12-4-1-10(2-5-12)7-13(17)11-3-6-14-15(8-11)19-9-18-14/h1-6,8H,7,9H2. The highest BCUT2D eigenvalue weighted by Gasteiger charge is 2.16. The zero-order chi connectivity index (χ0) is 13.2. The van der Waals surface area contributed by atoms with Crippen LogP contribution in [0.1, 0.15) is 15.9 Å². The SMILES string of the molecule is O=C(Cc1ccc(Cl)cc1)c1ccc2c(c1)OCO2. The van der Waals surface area contributed by atoms with Crippen molar-refractivity contribution < 1.29 is 14.3 Å². The zero-order valence-electron chi connectivity index (χ0n) is 10.1. The van der Waals surface area contributed by atoms with E-state index in [1.54, 1.807) is 30.3 Å². The maximum Gasteiger partial charge on any atom is 0.231 e. The van der Waals surface area contributed by atoms with E-state index in [2.05, 4.69) is 0 Å². The molecule has 2 aromatic rings. The molecule has 0 N–H and O–H groups in total. The lowest BCUT2D eigenvalue weighted by molar-refractivity contribution is 0.0992. The number of benzene rings is 2. The second-order valence-corrected chi connectivity index (χ2v) is 4.73. The van der Waals surface area contributed by atoms with Crippen LogP contribution in [0.4, 0.5) is 0 Å². The summed E-state index contributed by atoms with van der Waals surface area (Å²) >= 11 is 5.81. The van der Waals surface area contributed by atoms with Crippen LogP contribution < -0.4 is 9.47 Å². The number of Topliss-reactive ketones (excluding diaryl/α,β-unsaturated/α-hetero) is 1. The number of carbonyl (C=O) groups is 1. The summed E-state index contributed by atoms with van der Waals surface area (Å²) in [6.45, 7) is 0.212. The number of carbonyl (C=O) groups excluding carboxylic acids is 1. The molecule has 1 heterocycles. The minimum atomic E-state index is 0.0422. The molecule has 3 rings (SSSR count). The Hall–Kier alpha value is -2.00. The third-order valence-corrected chi connectivity index (χ3v) is 3.22. The van der Waals surface area contributed by atoms with Gasteiger partial charge in [-0.2, -0.15) is 0 Å². The van der Waals surface area contributed by atoms with Crippen molar-refractivity contribution in [2.75, 3.05) is 6.79 Å². The second-order valence-electron chi connectivity index (χ2n) is 4.29. The van der Waals surface area contributed by atoms with Gasteiger partial charge in [0.1, 0.15) is 0 Å². The molecule has 96 valence electrons. The number of halogens is 1. The van der Waals surface area contributed by atoms with Crippen molar-refractivity contribution in [3.05, 3.63) is 58.6 Å². The number of hydrogen-bond donors (Lipinski definition) is 0. The summed E-state index contributed by atoms with van der Waals surface area (Å²) in [6, 6.07) is 12.5. The average Bonchev–Trinajstić information content (AvgIpc) is 2.88. The fourth-order valence-electron chi connectivity index (χ4n) is 1.96. The van der Waals surface area contributed by atoms with Crippen LogP contribution in [0.25, 0.3) is 0 Å². The Morgan fingerprint density at radius 1 is 1.05 bits per heavy atom. The van der Waals surface area contributed by atoms with Crippen molar-refractivity contribution in [3.63, 3.8) is 0 Å². The van der Waals surface area contributed by atoms with Gasteiger partial charge in [-0.15, -0.1) is 0 Å². The van der Waals surface area contributed by atoms with Gasteiger partial charge < -0.3 is 9.47 Å². The van der Waals surface area contributed by atoms with Crippen molar-refractivity contribution in [2.45, 2.75) is 6.42 Å². The van der Waals surface area contributed by atoms with Crippen LogP contribution in [0.3, 0.4) is 0 Å². The molecule has 0 fully saturated rings. The topological polar surface area (TPSA) is 35.5 Å². The Balaban J connectivity index is 1.78. The Morgan fingerprint density at radius 2 is 1.79 bits per heavy atom. The number of fused-ring (bicyclic) bond motifs is 1. The molecule has 0 unspecified atom stereocenters. The summed E-state index contributed by atoms with van der Waals surface area (Å²) in [6.07, 6.45) is 0.344. The van der Waals surface area contributed by atoms with Gasteiger partial charge in [-0.05, 0) is 35.9 Å². The quantitative estimate of drug-likeness (QED) is 0.804. The molecule has 0 saturated heterocycles. The summed E-state index contributed by atoms with van der Waals surface area (Å²) < 4.78 is 10.5. The zero-order valence-corrected chi connectivity index (χ0v) is 10.8. The molecule has 2 aromatic carbocycles. The average molecular weight is 275 g/mol. The molecule has 0 atom stereocenters. The lowest BCUT2D eigenvalue weighted by Crippen LogP contribution is -2.03. The van der Waals surface area contributed by atoms with Crippen molar-refractivity contribution in [1.82, 2.24) is 0 Å². The van der Waals surface area contributed by atoms with Gasteiger partial charge in [0, 0.05) is 17.0 Å². The Morgan fingerprint density at radius 3 is 2.58 bits per heavy atom. The number of rotatable bonds is 3. The van der Waals surface area contributed by atoms with E-state index in [0.717, 1.165) is 5.56 Å². The molecule has 0 saturated carbocycles. The van der Waals surface area contributed by atoms with Gasteiger partial charge in [0.2, 0.25) is 6.79 Å². The van der Waals surface area contributed by atoms with E-state index in [1.165, 1.54) is 0 Å². The van der Waals surface area contributed by atoms with Crippen molar-refractivity contribution in [2.24, 2.45) is 0 Å². The maximum absolute atomic E-state index is 12.2. The predicted octanol–water partition coefficient (Wildman–Crippen LogP) is 3.49. The van der Waals surface area contributed by atoms with Crippen LogP contribution in [0.5, 0.6) is 11.5 Å². The molecule has 0 radical (unpaired) electrons. The van der Waals surface area contributed by atoms with Gasteiger partial charge in [-0.1, -0.05) is 23.7 Å². The van der Waals surface area contributed by atoms with Crippen molar-refractivity contribution in [1.29, 1.82) is 0 Å². The van der Waals surface area contributed by atoms with Gasteiger partial charge in [0.25, 0.3) is 0 Å². The van der Waals surface area contributed by atoms with Crippen LogP contribution in [-0.4, -0.2) is 12.6 Å². The fourth-order valence-corrected chi connectivity index (χ4v) is 2.09. The van der Waals surface area contributed by atoms with E-state index >= 15 is 0 Å². The molecule has 19 heavy (non-hydrogen) atoms. The van der Waals surface area contributed by atoms with Crippen LogP contribution in [-0.2, 0) is 6.42 Å². The first-order valence-electron chi connectivity index (χ1n) is 5.90. The summed E-state index contributed by atoms with van der Waals surface area (Å²) in [7, 11) is 0. The maximum atomic E-state index is 12.2. The predicted molar refractivity (Wildman–Crippen MR) is 72.1 cm³/mol. The first-order chi connectivity index (χ1) is 9.22.